The molecule has 0 spiro atoms. The van der Waals surface area contributed by atoms with Crippen LogP contribution < -0.4 is 0 Å². The van der Waals surface area contributed by atoms with Crippen molar-refractivity contribution in [3.05, 3.63) is 39.9 Å². The molecule has 5 heteroatoms. The first-order valence-corrected chi connectivity index (χ1v) is 3.98. The maximum absolute atomic E-state index is 11.4. The maximum atomic E-state index is 11.4. The topological polar surface area (TPSA) is 63.5 Å². The van der Waals surface area contributed by atoms with Gasteiger partial charge in [0.1, 0.15) is 0 Å². The lowest BCUT2D eigenvalue weighted by molar-refractivity contribution is -0.384. The van der Waals surface area contributed by atoms with Gasteiger partial charge in [0.15, 0.2) is 0 Å². The largest absolute Gasteiger partial charge is 0.345 e. The molecule has 1 amide bonds. The second-order valence-electron chi connectivity index (χ2n) is 3.01. The highest BCUT2D eigenvalue weighted by Crippen LogP contribution is 2.13. The van der Waals surface area contributed by atoms with Gasteiger partial charge < -0.3 is 4.90 Å². The number of hydrogen-bond donors (Lipinski definition) is 0. The molecule has 1 aromatic carbocycles. The minimum atomic E-state index is -0.521. The fourth-order valence-electron chi connectivity index (χ4n) is 1.01. The summed E-state index contributed by atoms with van der Waals surface area (Å²) in [5.41, 5.74) is 0.252. The van der Waals surface area contributed by atoms with Crippen LogP contribution in [0.25, 0.3) is 0 Å². The Balaban J connectivity index is 3.06. The predicted molar refractivity (Wildman–Crippen MR) is 51.1 cm³/mol. The molecule has 0 unspecified atom stereocenters. The molecule has 0 aromatic heterocycles. The highest BCUT2D eigenvalue weighted by molar-refractivity contribution is 5.94. The molecule has 1 aromatic rings. The molecule has 0 aliphatic rings. The highest BCUT2D eigenvalue weighted by atomic mass is 16.6. The van der Waals surface area contributed by atoms with Crippen LogP contribution in [0.2, 0.25) is 0 Å². The van der Waals surface area contributed by atoms with Crippen molar-refractivity contribution in [2.24, 2.45) is 0 Å². The molecule has 0 atom stereocenters. The van der Waals surface area contributed by atoms with Gasteiger partial charge in [-0.15, -0.1) is 0 Å². The zero-order valence-electron chi connectivity index (χ0n) is 7.93. The van der Waals surface area contributed by atoms with E-state index in [9.17, 15) is 14.9 Å². The van der Waals surface area contributed by atoms with Crippen molar-refractivity contribution < 1.29 is 9.72 Å². The van der Waals surface area contributed by atoms with Gasteiger partial charge in [0.05, 0.1) is 4.92 Å². The summed E-state index contributed by atoms with van der Waals surface area (Å²) in [6.07, 6.45) is 0. The number of carbonyl (C=O) groups excluding carboxylic acids is 1. The smallest absolute Gasteiger partial charge is 0.270 e. The van der Waals surface area contributed by atoms with E-state index < -0.39 is 4.92 Å². The maximum Gasteiger partial charge on any atom is 0.270 e. The number of benzene rings is 1. The molecule has 5 nitrogen and oxygen atoms in total. The average molecular weight is 194 g/mol. The highest BCUT2D eigenvalue weighted by Gasteiger charge is 2.12. The molecule has 0 aliphatic carbocycles. The number of nitro groups is 1. The SMILES string of the molecule is CN(C)C(=O)c1cccc([N+](=O)[O-])c1. The number of non-ortho nitro benzene ring substituents is 1. The van der Waals surface area contributed by atoms with Gasteiger partial charge in [-0.3, -0.25) is 14.9 Å². The number of hydrogen-bond acceptors (Lipinski definition) is 3. The molecule has 0 N–H and O–H groups in total. The molecular formula is C9H10N2O3. The second kappa shape index (κ2) is 3.87. The lowest BCUT2D eigenvalue weighted by atomic mass is 10.2. The van der Waals surface area contributed by atoms with E-state index in [1.807, 2.05) is 0 Å². The van der Waals surface area contributed by atoms with E-state index in [2.05, 4.69) is 0 Å². The first-order chi connectivity index (χ1) is 6.52. The van der Waals surface area contributed by atoms with Gasteiger partial charge in [-0.25, -0.2) is 0 Å². The molecule has 0 aliphatic heterocycles. The van der Waals surface area contributed by atoms with E-state index in [-0.39, 0.29) is 11.6 Å². The molecule has 14 heavy (non-hydrogen) atoms. The molecule has 0 radical (unpaired) electrons. The van der Waals surface area contributed by atoms with Gasteiger partial charge in [0, 0.05) is 31.8 Å². The quantitative estimate of drug-likeness (QED) is 0.526. The van der Waals surface area contributed by atoms with Crippen LogP contribution in [0.4, 0.5) is 5.69 Å². The monoisotopic (exact) mass is 194 g/mol. The Morgan fingerprint density at radius 1 is 1.43 bits per heavy atom. The molecule has 1 rings (SSSR count). The van der Waals surface area contributed by atoms with E-state index in [1.165, 1.54) is 23.1 Å². The van der Waals surface area contributed by atoms with Gasteiger partial charge in [-0.05, 0) is 6.07 Å². The lowest BCUT2D eigenvalue weighted by Gasteiger charge is -2.09. The standard InChI is InChI=1S/C9H10N2O3/c1-10(2)9(12)7-4-3-5-8(6-7)11(13)14/h3-6H,1-2H3. The van der Waals surface area contributed by atoms with Gasteiger partial charge >= 0.3 is 0 Å². The van der Waals surface area contributed by atoms with Crippen LogP contribution in [0.1, 0.15) is 10.4 Å². The van der Waals surface area contributed by atoms with Crippen LogP contribution in [-0.2, 0) is 0 Å². The Bertz CT molecular complexity index is 374. The van der Waals surface area contributed by atoms with E-state index in [0.717, 1.165) is 0 Å². The average Bonchev–Trinajstić information content (AvgIpc) is 2.16. The van der Waals surface area contributed by atoms with Gasteiger partial charge in [-0.2, -0.15) is 0 Å². The van der Waals surface area contributed by atoms with Crippen LogP contribution >= 0.6 is 0 Å². The van der Waals surface area contributed by atoms with Crippen LogP contribution in [0.15, 0.2) is 24.3 Å². The zero-order chi connectivity index (χ0) is 10.7. The summed E-state index contributed by atoms with van der Waals surface area (Å²) in [7, 11) is 3.20. The van der Waals surface area contributed by atoms with Gasteiger partial charge in [0.2, 0.25) is 0 Å². The molecule has 0 saturated carbocycles. The summed E-state index contributed by atoms with van der Waals surface area (Å²) < 4.78 is 0. The summed E-state index contributed by atoms with van der Waals surface area (Å²) in [6, 6.07) is 5.67. The van der Waals surface area contributed by atoms with Crippen LogP contribution in [0, 0.1) is 10.1 Å². The van der Waals surface area contributed by atoms with Crippen LogP contribution in [0.3, 0.4) is 0 Å². The first-order valence-electron chi connectivity index (χ1n) is 3.98. The van der Waals surface area contributed by atoms with Crippen LogP contribution in [0.5, 0.6) is 0 Å². The summed E-state index contributed by atoms with van der Waals surface area (Å²) in [5, 5.41) is 10.4. The fraction of sp³-hybridized carbons (Fsp3) is 0.222. The molecule has 0 saturated heterocycles. The van der Waals surface area contributed by atoms with Crippen molar-refractivity contribution in [2.45, 2.75) is 0 Å². The predicted octanol–water partition coefficient (Wildman–Crippen LogP) is 1.30. The Morgan fingerprint density at radius 3 is 2.57 bits per heavy atom. The summed E-state index contributed by atoms with van der Waals surface area (Å²) in [4.78, 5) is 22.7. The number of nitrogens with zero attached hydrogens (tertiary/aromatic N) is 2. The number of carbonyl (C=O) groups is 1. The third-order valence-electron chi connectivity index (χ3n) is 1.71. The Kier molecular flexibility index (Phi) is 2.81. The molecule has 0 fully saturated rings. The zero-order valence-corrected chi connectivity index (χ0v) is 7.93. The van der Waals surface area contributed by atoms with Crippen molar-refractivity contribution in [3.8, 4) is 0 Å². The Hall–Kier alpha value is -1.91. The van der Waals surface area contributed by atoms with E-state index >= 15 is 0 Å². The van der Waals surface area contributed by atoms with Crippen molar-refractivity contribution >= 4 is 11.6 Å². The molecule has 0 bridgehead atoms. The molecule has 74 valence electrons. The fourth-order valence-corrected chi connectivity index (χ4v) is 1.01. The Morgan fingerprint density at radius 2 is 2.07 bits per heavy atom. The van der Waals surface area contributed by atoms with Gasteiger partial charge in [-0.1, -0.05) is 6.07 Å². The van der Waals surface area contributed by atoms with E-state index in [0.29, 0.717) is 5.56 Å². The molecular weight excluding hydrogens is 184 g/mol. The number of rotatable bonds is 2. The van der Waals surface area contributed by atoms with Crippen molar-refractivity contribution in [1.29, 1.82) is 0 Å². The van der Waals surface area contributed by atoms with E-state index in [4.69, 9.17) is 0 Å². The summed E-state index contributed by atoms with van der Waals surface area (Å²) >= 11 is 0. The third kappa shape index (κ3) is 2.07. The Labute approximate surface area is 81.1 Å². The van der Waals surface area contributed by atoms with Crippen molar-refractivity contribution in [2.75, 3.05) is 14.1 Å². The summed E-state index contributed by atoms with van der Waals surface area (Å²) in [6.45, 7) is 0. The normalized spacial score (nSPS) is 9.57. The third-order valence-corrected chi connectivity index (χ3v) is 1.71. The second-order valence-corrected chi connectivity index (χ2v) is 3.01. The van der Waals surface area contributed by atoms with Crippen molar-refractivity contribution in [1.82, 2.24) is 4.90 Å². The minimum absolute atomic E-state index is 0.0716. The lowest BCUT2D eigenvalue weighted by Crippen LogP contribution is -2.21. The van der Waals surface area contributed by atoms with Gasteiger partial charge in [0.25, 0.3) is 11.6 Å². The van der Waals surface area contributed by atoms with Crippen LogP contribution in [-0.4, -0.2) is 29.8 Å². The first kappa shape index (κ1) is 10.2. The number of amides is 1. The number of nitro benzene ring substituents is 1. The van der Waals surface area contributed by atoms with E-state index in [1.54, 1.807) is 20.2 Å². The summed E-state index contributed by atoms with van der Waals surface area (Å²) in [5.74, 6) is -0.242. The molecule has 0 heterocycles. The van der Waals surface area contributed by atoms with Crippen molar-refractivity contribution in [3.63, 3.8) is 0 Å². The minimum Gasteiger partial charge on any atom is -0.345 e.